The van der Waals surface area contributed by atoms with Gasteiger partial charge in [-0.25, -0.2) is 8.42 Å². The average Bonchev–Trinajstić information content (AvgIpc) is 3.42. The first kappa shape index (κ1) is 24.1. The number of hydrogen-bond donors (Lipinski definition) is 1. The number of esters is 1. The van der Waals surface area contributed by atoms with Crippen LogP contribution in [0.3, 0.4) is 0 Å². The second-order valence-electron chi connectivity index (χ2n) is 10.00. The molecule has 0 aromatic heterocycles. The smallest absolute Gasteiger partial charge is 0.310 e. The van der Waals surface area contributed by atoms with Crippen LogP contribution in [-0.4, -0.2) is 55.6 Å². The number of piperidine rings is 1. The number of carbonyl (C=O) groups excluding carboxylic acids is 1. The van der Waals surface area contributed by atoms with E-state index < -0.39 is 38.0 Å². The van der Waals surface area contributed by atoms with E-state index in [-0.39, 0.29) is 29.0 Å². The van der Waals surface area contributed by atoms with Crippen LogP contribution in [0.5, 0.6) is 0 Å². The van der Waals surface area contributed by atoms with Crippen LogP contribution in [0, 0.1) is 22.0 Å². The highest BCUT2D eigenvalue weighted by Crippen LogP contribution is 2.67. The van der Waals surface area contributed by atoms with E-state index in [1.54, 1.807) is 0 Å². The van der Waals surface area contributed by atoms with E-state index in [2.05, 4.69) is 5.32 Å². The van der Waals surface area contributed by atoms with Gasteiger partial charge in [0.1, 0.15) is 0 Å². The molecule has 0 amide bonds. The zero-order chi connectivity index (χ0) is 26.2. The minimum Gasteiger partial charge on any atom is -0.469 e. The summed E-state index contributed by atoms with van der Waals surface area (Å²) in [4.78, 5) is 24.0. The van der Waals surface area contributed by atoms with E-state index in [0.717, 1.165) is 16.8 Å². The van der Waals surface area contributed by atoms with Crippen LogP contribution in [0.4, 0.5) is 11.4 Å². The van der Waals surface area contributed by atoms with Gasteiger partial charge in [-0.3, -0.25) is 14.9 Å². The van der Waals surface area contributed by atoms with Gasteiger partial charge < -0.3 is 14.8 Å². The van der Waals surface area contributed by atoms with Gasteiger partial charge in [-0.1, -0.05) is 29.8 Å². The topological polar surface area (TPSA) is 128 Å². The SMILES string of the molecule is C/C=C1/CN(S(=O)(=O)c2ccc([N+](=O)[O-])cc2)[C@H]2C[C@@H]1[C@@H](C(=O)OC)[C@@]13CCOC21Nc1ccccc13. The fourth-order valence-corrected chi connectivity index (χ4v) is 8.93. The third-order valence-electron chi connectivity index (χ3n) is 8.74. The molecule has 194 valence electrons. The quantitative estimate of drug-likeness (QED) is 0.279. The molecule has 5 atom stereocenters. The Balaban J connectivity index is 1.55. The van der Waals surface area contributed by atoms with Crippen molar-refractivity contribution < 1.29 is 27.6 Å². The molecule has 1 aliphatic carbocycles. The Morgan fingerprint density at radius 2 is 1.97 bits per heavy atom. The number of nitrogens with one attached hydrogen (secondary N) is 1. The normalized spacial score (nSPS) is 33.2. The molecular formula is C26H27N3O7S. The Labute approximate surface area is 214 Å². The van der Waals surface area contributed by atoms with Crippen molar-refractivity contribution in [3.63, 3.8) is 0 Å². The maximum Gasteiger partial charge on any atom is 0.310 e. The maximum absolute atomic E-state index is 14.1. The number of nitro benzene ring substituents is 1. The van der Waals surface area contributed by atoms with Gasteiger partial charge in [0.25, 0.3) is 5.69 Å². The summed E-state index contributed by atoms with van der Waals surface area (Å²) in [5.74, 6) is -1.11. The number of non-ortho nitro benzene ring substituents is 1. The molecule has 3 heterocycles. The zero-order valence-electron chi connectivity index (χ0n) is 20.4. The minimum absolute atomic E-state index is 0.0300. The summed E-state index contributed by atoms with van der Waals surface area (Å²) in [7, 11) is -2.69. The summed E-state index contributed by atoms with van der Waals surface area (Å²) >= 11 is 0. The molecule has 1 unspecified atom stereocenters. The number of nitrogens with zero attached hydrogens (tertiary/aromatic N) is 2. The molecular weight excluding hydrogens is 498 g/mol. The fourth-order valence-electron chi connectivity index (χ4n) is 7.29. The Morgan fingerprint density at radius 3 is 2.65 bits per heavy atom. The average molecular weight is 526 g/mol. The summed E-state index contributed by atoms with van der Waals surface area (Å²) in [6.07, 6.45) is 2.80. The molecule has 37 heavy (non-hydrogen) atoms. The lowest BCUT2D eigenvalue weighted by molar-refractivity contribution is -0.384. The van der Waals surface area contributed by atoms with Crippen LogP contribution in [-0.2, 0) is 29.7 Å². The van der Waals surface area contributed by atoms with Crippen molar-refractivity contribution in [3.8, 4) is 0 Å². The molecule has 2 saturated heterocycles. The lowest BCUT2D eigenvalue weighted by Crippen LogP contribution is -2.74. The van der Waals surface area contributed by atoms with Gasteiger partial charge in [0.05, 0.1) is 40.9 Å². The predicted molar refractivity (Wildman–Crippen MR) is 133 cm³/mol. The van der Waals surface area contributed by atoms with E-state index >= 15 is 0 Å². The van der Waals surface area contributed by atoms with Crippen LogP contribution >= 0.6 is 0 Å². The number of nitro groups is 1. The standard InChI is InChI=1S/C26H27N3O7S/c1-3-16-15-28(37(33,34)18-10-8-17(9-11-18)29(31)32)22-14-19(16)23(24(30)35-2)25-12-13-36-26(22,25)27-21-7-5-4-6-20(21)25/h3-11,19,22-23,27H,12-15H2,1-2H3/b16-3-/t19-,22-,23-,25-,26?/m0/s1. The molecule has 10 nitrogen and oxygen atoms in total. The van der Waals surface area contributed by atoms with Crippen molar-refractivity contribution in [3.05, 3.63) is 75.9 Å². The van der Waals surface area contributed by atoms with E-state index in [4.69, 9.17) is 9.47 Å². The van der Waals surface area contributed by atoms with Crippen molar-refractivity contribution in [1.29, 1.82) is 0 Å². The lowest BCUT2D eigenvalue weighted by atomic mass is 9.51. The number of anilines is 1. The van der Waals surface area contributed by atoms with Gasteiger partial charge in [0.2, 0.25) is 10.0 Å². The number of carbonyl (C=O) groups is 1. The van der Waals surface area contributed by atoms with E-state index in [1.165, 1.54) is 35.7 Å². The number of para-hydroxylation sites is 1. The Bertz CT molecular complexity index is 1440. The second-order valence-corrected chi connectivity index (χ2v) is 11.9. The molecule has 11 heteroatoms. The van der Waals surface area contributed by atoms with Gasteiger partial charge in [0.15, 0.2) is 5.72 Å². The maximum atomic E-state index is 14.1. The lowest BCUT2D eigenvalue weighted by Gasteiger charge is -2.59. The zero-order valence-corrected chi connectivity index (χ0v) is 21.2. The van der Waals surface area contributed by atoms with Crippen molar-refractivity contribution in [2.45, 2.75) is 41.8 Å². The number of sulfonamides is 1. The molecule has 0 radical (unpaired) electrons. The number of fused-ring (bicyclic) bond motifs is 3. The third-order valence-corrected chi connectivity index (χ3v) is 10.6. The molecule has 2 aromatic rings. The van der Waals surface area contributed by atoms with E-state index in [1.807, 2.05) is 37.3 Å². The van der Waals surface area contributed by atoms with Gasteiger partial charge in [0, 0.05) is 24.4 Å². The third kappa shape index (κ3) is 2.98. The number of allylic oxidation sites excluding steroid dienone is 1. The van der Waals surface area contributed by atoms with Gasteiger partial charge in [-0.15, -0.1) is 0 Å². The largest absolute Gasteiger partial charge is 0.469 e. The molecule has 2 bridgehead atoms. The molecule has 0 spiro atoms. The second kappa shape index (κ2) is 8.11. The predicted octanol–water partition coefficient (Wildman–Crippen LogP) is 3.20. The number of benzene rings is 2. The van der Waals surface area contributed by atoms with E-state index in [0.29, 0.717) is 19.4 Å². The molecule has 1 saturated carbocycles. The summed E-state index contributed by atoms with van der Waals surface area (Å²) in [6.45, 7) is 2.29. The van der Waals surface area contributed by atoms with Crippen LogP contribution < -0.4 is 5.32 Å². The Hall–Kier alpha value is -3.28. The number of methoxy groups -OCH3 is 1. The van der Waals surface area contributed by atoms with Gasteiger partial charge in [-0.2, -0.15) is 4.31 Å². The Morgan fingerprint density at radius 1 is 1.24 bits per heavy atom. The highest BCUT2D eigenvalue weighted by molar-refractivity contribution is 7.89. The molecule has 4 aliphatic rings. The highest BCUT2D eigenvalue weighted by atomic mass is 32.2. The van der Waals surface area contributed by atoms with E-state index in [9.17, 15) is 23.3 Å². The molecule has 3 fully saturated rings. The fraction of sp³-hybridized carbons (Fsp3) is 0.423. The van der Waals surface area contributed by atoms with Crippen LogP contribution in [0.25, 0.3) is 0 Å². The summed E-state index contributed by atoms with van der Waals surface area (Å²) < 4.78 is 41.5. The van der Waals surface area contributed by atoms with Crippen LogP contribution in [0.1, 0.15) is 25.3 Å². The van der Waals surface area contributed by atoms with Crippen molar-refractivity contribution in [2.75, 3.05) is 25.6 Å². The molecule has 6 rings (SSSR count). The number of ether oxygens (including phenoxy) is 2. The summed E-state index contributed by atoms with van der Waals surface area (Å²) in [6, 6.07) is 12.0. The minimum atomic E-state index is -4.08. The van der Waals surface area contributed by atoms with Gasteiger partial charge >= 0.3 is 5.97 Å². The first-order valence-corrected chi connectivity index (χ1v) is 13.7. The first-order chi connectivity index (χ1) is 17.7. The molecule has 1 N–H and O–H groups in total. The van der Waals surface area contributed by atoms with Crippen molar-refractivity contribution >= 4 is 27.4 Å². The van der Waals surface area contributed by atoms with Crippen LogP contribution in [0.15, 0.2) is 65.1 Å². The highest BCUT2D eigenvalue weighted by Gasteiger charge is 2.76. The molecule has 3 aliphatic heterocycles. The summed E-state index contributed by atoms with van der Waals surface area (Å²) in [5.41, 5.74) is 0.411. The summed E-state index contributed by atoms with van der Waals surface area (Å²) in [5, 5.41) is 14.7. The van der Waals surface area contributed by atoms with Crippen molar-refractivity contribution in [2.24, 2.45) is 11.8 Å². The monoisotopic (exact) mass is 525 g/mol. The Kier molecular flexibility index (Phi) is 5.28. The number of rotatable bonds is 4. The van der Waals surface area contributed by atoms with Crippen molar-refractivity contribution in [1.82, 2.24) is 4.31 Å². The van der Waals surface area contributed by atoms with Crippen LogP contribution in [0.2, 0.25) is 0 Å². The molecule has 2 aromatic carbocycles. The number of hydrogen-bond acceptors (Lipinski definition) is 8. The van der Waals surface area contributed by atoms with Gasteiger partial charge in [-0.05, 0) is 49.4 Å². The first-order valence-electron chi connectivity index (χ1n) is 12.2.